The van der Waals surface area contributed by atoms with E-state index in [1.165, 1.54) is 10.7 Å². The van der Waals surface area contributed by atoms with Crippen molar-refractivity contribution in [3.63, 3.8) is 0 Å². The van der Waals surface area contributed by atoms with Gasteiger partial charge in [-0.3, -0.25) is 14.2 Å². The van der Waals surface area contributed by atoms with Crippen molar-refractivity contribution in [2.75, 3.05) is 26.0 Å². The number of nitrogens with zero attached hydrogens (tertiary/aromatic N) is 5. The van der Waals surface area contributed by atoms with E-state index < -0.39 is 98.9 Å². The average Bonchev–Trinajstić information content (AvgIpc) is 3.68. The normalized spacial score (nSPS) is 20.2. The second-order valence-electron chi connectivity index (χ2n) is 15.2. The molecule has 19 heteroatoms. The molecule has 0 bridgehead atoms. The minimum atomic E-state index is -5.05. The SMILES string of the molecule is Cn1nc(CS(C)(=O)=O)c2c(Cl)ccc(-c3ccc(C#CC4CNCCO4)nc3[C@@H](CC(=O)Cn3nc(C(F)(F)F)c4c3C(F)(F)[C@@H]3C[C@H]43)Cc3cc(F)cc(F)c3)c21. The number of ketones is 1. The van der Waals surface area contributed by atoms with Crippen LogP contribution in [-0.2, 0) is 57.2 Å². The average molecular weight is 863 g/mol. The number of sulfone groups is 1. The van der Waals surface area contributed by atoms with Crippen molar-refractivity contribution >= 4 is 38.1 Å². The fraction of sp³-hybridized carbons (Fsp3) is 0.400. The number of pyridine rings is 1. The molecule has 0 spiro atoms. The first-order chi connectivity index (χ1) is 27.8. The number of rotatable bonds is 10. The Labute approximate surface area is 338 Å². The summed E-state index contributed by atoms with van der Waals surface area (Å²) in [6.07, 6.45) is -5.42. The molecule has 1 aliphatic heterocycles. The van der Waals surface area contributed by atoms with Gasteiger partial charge in [-0.25, -0.2) is 22.2 Å². The Morgan fingerprint density at radius 1 is 1.10 bits per heavy atom. The molecule has 2 fully saturated rings. The van der Waals surface area contributed by atoms with Crippen LogP contribution in [0.2, 0.25) is 5.02 Å². The van der Waals surface area contributed by atoms with Crippen LogP contribution < -0.4 is 5.32 Å². The summed E-state index contributed by atoms with van der Waals surface area (Å²) in [6.45, 7) is 0.539. The van der Waals surface area contributed by atoms with Crippen LogP contribution in [0.4, 0.5) is 30.7 Å². The summed E-state index contributed by atoms with van der Waals surface area (Å²) in [5.41, 5.74) is -1.24. The van der Waals surface area contributed by atoms with E-state index in [0.29, 0.717) is 52.5 Å². The van der Waals surface area contributed by atoms with E-state index in [1.54, 1.807) is 25.2 Å². The number of nitrogens with one attached hydrogen (secondary N) is 1. The van der Waals surface area contributed by atoms with E-state index in [9.17, 15) is 35.2 Å². The first kappa shape index (κ1) is 40.9. The van der Waals surface area contributed by atoms with Crippen molar-refractivity contribution in [3.05, 3.63) is 98.7 Å². The number of ether oxygens (including phenoxy) is 1. The highest BCUT2D eigenvalue weighted by molar-refractivity contribution is 7.89. The van der Waals surface area contributed by atoms with E-state index in [0.717, 1.165) is 18.4 Å². The zero-order chi connectivity index (χ0) is 42.2. The van der Waals surface area contributed by atoms with Crippen LogP contribution in [0.15, 0.2) is 42.5 Å². The third-order valence-electron chi connectivity index (χ3n) is 10.7. The predicted molar refractivity (Wildman–Crippen MR) is 201 cm³/mol. The number of benzene rings is 2. The van der Waals surface area contributed by atoms with Gasteiger partial charge in [0.05, 0.1) is 34.3 Å². The van der Waals surface area contributed by atoms with Gasteiger partial charge in [0.15, 0.2) is 21.3 Å². The number of aryl methyl sites for hydroxylation is 1. The summed E-state index contributed by atoms with van der Waals surface area (Å²) in [6, 6.07) is 9.16. The lowest BCUT2D eigenvalue weighted by Gasteiger charge is -2.22. The number of aromatic nitrogens is 5. The molecule has 4 atom stereocenters. The number of fused-ring (bicyclic) bond motifs is 4. The van der Waals surface area contributed by atoms with E-state index >= 15 is 8.78 Å². The zero-order valence-electron chi connectivity index (χ0n) is 31.3. The number of alkyl halides is 5. The maximum absolute atomic E-state index is 15.5. The summed E-state index contributed by atoms with van der Waals surface area (Å²) in [5.74, 6) is -4.21. The number of Topliss-reactive ketones (excluding diaryl/α,β-unsaturated/α-hetero) is 1. The van der Waals surface area contributed by atoms with Gasteiger partial charge in [0.1, 0.15) is 35.7 Å². The van der Waals surface area contributed by atoms with Crippen LogP contribution in [0.3, 0.4) is 0 Å². The maximum atomic E-state index is 15.5. The lowest BCUT2D eigenvalue weighted by atomic mass is 9.86. The summed E-state index contributed by atoms with van der Waals surface area (Å²) in [5, 5.41) is 11.6. The molecule has 8 rings (SSSR count). The van der Waals surface area contributed by atoms with E-state index in [4.69, 9.17) is 21.3 Å². The van der Waals surface area contributed by atoms with Gasteiger partial charge >= 0.3 is 6.18 Å². The van der Waals surface area contributed by atoms with Crippen LogP contribution >= 0.6 is 11.6 Å². The van der Waals surface area contributed by atoms with Crippen molar-refractivity contribution in [3.8, 4) is 23.0 Å². The van der Waals surface area contributed by atoms with Crippen LogP contribution in [0.5, 0.6) is 0 Å². The number of hydrogen-bond acceptors (Lipinski definition) is 8. The molecule has 1 saturated heterocycles. The van der Waals surface area contributed by atoms with E-state index in [1.807, 2.05) is 0 Å². The van der Waals surface area contributed by atoms with Crippen molar-refractivity contribution in [2.45, 2.75) is 61.6 Å². The largest absolute Gasteiger partial charge is 0.435 e. The number of carbonyl (C=O) groups is 1. The molecular weight excluding hydrogens is 829 g/mol. The van der Waals surface area contributed by atoms with Gasteiger partial charge in [0.2, 0.25) is 0 Å². The molecule has 5 aromatic rings. The van der Waals surface area contributed by atoms with Gasteiger partial charge in [0, 0.05) is 72.8 Å². The number of morpholine rings is 1. The highest BCUT2D eigenvalue weighted by Crippen LogP contribution is 2.68. The fourth-order valence-corrected chi connectivity index (χ4v) is 9.26. The quantitative estimate of drug-likeness (QED) is 0.120. The smallest absolute Gasteiger partial charge is 0.363 e. The van der Waals surface area contributed by atoms with Gasteiger partial charge in [-0.05, 0) is 60.6 Å². The Kier molecular flexibility index (Phi) is 10.4. The summed E-state index contributed by atoms with van der Waals surface area (Å²) in [4.78, 5) is 18.9. The summed E-state index contributed by atoms with van der Waals surface area (Å²) >= 11 is 6.64. The van der Waals surface area contributed by atoms with Gasteiger partial charge in [0.25, 0.3) is 5.92 Å². The van der Waals surface area contributed by atoms with Gasteiger partial charge in [-0.2, -0.15) is 32.1 Å². The van der Waals surface area contributed by atoms with Crippen molar-refractivity contribution in [2.24, 2.45) is 13.0 Å². The van der Waals surface area contributed by atoms with Gasteiger partial charge < -0.3 is 10.1 Å². The monoisotopic (exact) mass is 862 g/mol. The first-order valence-corrected chi connectivity index (χ1v) is 20.9. The molecule has 310 valence electrons. The molecule has 4 heterocycles. The van der Waals surface area contributed by atoms with Crippen LogP contribution in [0.25, 0.3) is 22.0 Å². The molecular formula is C40H34ClF7N6O4S. The first-order valence-electron chi connectivity index (χ1n) is 18.5. The topological polar surface area (TPSA) is 121 Å². The van der Waals surface area contributed by atoms with Crippen molar-refractivity contribution in [1.29, 1.82) is 0 Å². The summed E-state index contributed by atoms with van der Waals surface area (Å²) < 4.78 is 135. The molecule has 3 aliphatic rings. The van der Waals surface area contributed by atoms with Crippen LogP contribution in [-0.4, -0.2) is 70.8 Å². The molecule has 3 aromatic heterocycles. The molecule has 2 aromatic carbocycles. The lowest BCUT2D eigenvalue weighted by molar-refractivity contribution is -0.142. The highest BCUT2D eigenvalue weighted by Gasteiger charge is 2.68. The Morgan fingerprint density at radius 3 is 2.51 bits per heavy atom. The van der Waals surface area contributed by atoms with Gasteiger partial charge in [-0.1, -0.05) is 23.6 Å². The molecule has 1 N–H and O–H groups in total. The number of carbonyl (C=O) groups excluding carboxylic acids is 1. The standard InChI is InChI=1S/C40H34ClF7N6O4S/c1-53-36-28(7-8-31(41)34(36)32(51-53)19-59(2,56)57)27-6-4-24(3-5-26-17-49-9-10-58-26)50-35(27)21(11-20-12-22(42)15-23(43)13-20)14-25(55)18-54-38-33(37(52-54)40(46,47)48)29-16-30(29)39(38,44)45/h4,6-8,12-13,15,21,26,29-30,49H,9-11,14,16-19H2,1-2H3/t21-,26?,29+,30-/m1/s1. The molecule has 0 amide bonds. The predicted octanol–water partition coefficient (Wildman–Crippen LogP) is 6.86. The minimum absolute atomic E-state index is 0.0920. The minimum Gasteiger partial charge on any atom is -0.363 e. The molecule has 0 radical (unpaired) electrons. The van der Waals surface area contributed by atoms with E-state index in [2.05, 4.69) is 27.4 Å². The summed E-state index contributed by atoms with van der Waals surface area (Å²) in [7, 11) is -2.01. The second kappa shape index (κ2) is 15.0. The molecule has 10 nitrogen and oxygen atoms in total. The van der Waals surface area contributed by atoms with Crippen molar-refractivity contribution < 1.29 is 48.7 Å². The Bertz CT molecular complexity index is 2680. The number of halogens is 8. The lowest BCUT2D eigenvalue weighted by Crippen LogP contribution is -2.37. The highest BCUT2D eigenvalue weighted by atomic mass is 35.5. The molecule has 1 saturated carbocycles. The maximum Gasteiger partial charge on any atom is 0.435 e. The Balaban J connectivity index is 1.27. The van der Waals surface area contributed by atoms with E-state index in [-0.39, 0.29) is 40.5 Å². The zero-order valence-corrected chi connectivity index (χ0v) is 32.9. The second-order valence-corrected chi connectivity index (χ2v) is 17.7. The fourth-order valence-electron chi connectivity index (χ4n) is 8.30. The Hall–Kier alpha value is -4.83. The molecule has 59 heavy (non-hydrogen) atoms. The molecule has 1 unspecified atom stereocenters. The van der Waals surface area contributed by atoms with Crippen LogP contribution in [0, 0.1) is 29.4 Å². The third kappa shape index (κ3) is 8.09. The Morgan fingerprint density at radius 2 is 1.83 bits per heavy atom. The van der Waals surface area contributed by atoms with Crippen molar-refractivity contribution in [1.82, 2.24) is 29.9 Å². The third-order valence-corrected chi connectivity index (χ3v) is 11.8. The molecule has 2 aliphatic carbocycles. The number of hydrogen-bond donors (Lipinski definition) is 1. The van der Waals surface area contributed by atoms with Gasteiger partial charge in [-0.15, -0.1) is 0 Å². The van der Waals surface area contributed by atoms with Crippen LogP contribution in [0.1, 0.15) is 64.3 Å².